The third-order valence-corrected chi connectivity index (χ3v) is 15.2. The van der Waals surface area contributed by atoms with Crippen molar-refractivity contribution in [2.24, 2.45) is 23.7 Å². The highest BCUT2D eigenvalue weighted by Gasteiger charge is 2.55. The number of Topliss-reactive ketones (excluding diaryl/α,β-unsaturated/α-hetero) is 1. The van der Waals surface area contributed by atoms with Gasteiger partial charge in [-0.25, -0.2) is 4.98 Å². The molecule has 1 unspecified atom stereocenters. The lowest BCUT2D eigenvalue weighted by molar-refractivity contribution is -0.320. The van der Waals surface area contributed by atoms with Crippen LogP contribution in [0.3, 0.4) is 0 Å². The second-order valence-electron chi connectivity index (χ2n) is 21.0. The lowest BCUT2D eigenvalue weighted by Crippen LogP contribution is -2.62. The number of nitrogens with zero attached hydrogens (tertiary/aromatic N) is 4. The van der Waals surface area contributed by atoms with E-state index >= 15 is 0 Å². The highest BCUT2D eigenvalue weighted by atomic mass is 16.7. The van der Waals surface area contributed by atoms with Crippen LogP contribution in [0.2, 0.25) is 0 Å². The Kier molecular flexibility index (Phi) is 20.1. The third kappa shape index (κ3) is 13.4. The summed E-state index contributed by atoms with van der Waals surface area (Å²) in [4.78, 5) is 52.6. The van der Waals surface area contributed by atoms with Gasteiger partial charge >= 0.3 is 11.9 Å². The van der Waals surface area contributed by atoms with Gasteiger partial charge in [0.1, 0.15) is 29.2 Å². The molecule has 0 bridgehead atoms. The molecular weight excluding hydrogens is 905 g/mol. The summed E-state index contributed by atoms with van der Waals surface area (Å²) in [6.07, 6.45) is 0.392. The Balaban J connectivity index is 1.51. The first-order chi connectivity index (χ1) is 32.9. The predicted octanol–water partition coefficient (Wildman–Crippen LogP) is 5.77. The van der Waals surface area contributed by atoms with Gasteiger partial charge in [0.2, 0.25) is 0 Å². The lowest BCUT2D eigenvalue weighted by Gasteiger charge is -2.50. The van der Waals surface area contributed by atoms with E-state index in [0.717, 1.165) is 17.7 Å². The van der Waals surface area contributed by atoms with Crippen LogP contribution in [0.5, 0.6) is 0 Å². The second kappa shape index (κ2) is 24.5. The second-order valence-corrected chi connectivity index (χ2v) is 21.0. The van der Waals surface area contributed by atoms with Gasteiger partial charge in [0.15, 0.2) is 18.7 Å². The first-order valence-electron chi connectivity index (χ1n) is 25.1. The highest BCUT2D eigenvalue weighted by Crippen LogP contribution is 2.42. The summed E-state index contributed by atoms with van der Waals surface area (Å²) in [6, 6.07) is 3.52. The number of pyridine rings is 1. The van der Waals surface area contributed by atoms with E-state index in [0.29, 0.717) is 19.4 Å². The fourth-order valence-corrected chi connectivity index (χ4v) is 11.0. The fraction of sp³-hybridized carbons (Fsp3) is 0.788. The van der Waals surface area contributed by atoms with Gasteiger partial charge in [-0.15, -0.1) is 0 Å². The maximum atomic E-state index is 14.9. The Hall–Kier alpha value is -3.43. The van der Waals surface area contributed by atoms with E-state index in [1.165, 1.54) is 14.0 Å². The number of esters is 2. The summed E-state index contributed by atoms with van der Waals surface area (Å²) >= 11 is 0. The normalized spacial score (nSPS) is 39.3. The van der Waals surface area contributed by atoms with E-state index in [-0.39, 0.29) is 43.8 Å². The van der Waals surface area contributed by atoms with Crippen molar-refractivity contribution in [1.82, 2.24) is 19.4 Å². The number of ether oxygens (including phenoxy) is 9. The Bertz CT molecular complexity index is 1990. The average Bonchev–Trinajstić information content (AvgIpc) is 3.80. The van der Waals surface area contributed by atoms with E-state index in [2.05, 4.69) is 9.97 Å². The molecule has 5 heterocycles. The number of ketones is 1. The summed E-state index contributed by atoms with van der Waals surface area (Å²) < 4.78 is 59.8. The molecule has 2 N–H and O–H groups in total. The number of aliphatic hydroxyl groups is 2. The van der Waals surface area contributed by atoms with Crippen molar-refractivity contribution in [1.29, 1.82) is 0 Å². The first kappa shape index (κ1) is 57.5. The van der Waals surface area contributed by atoms with Crippen LogP contribution < -0.4 is 0 Å². The Morgan fingerprint density at radius 2 is 1.63 bits per heavy atom. The summed E-state index contributed by atoms with van der Waals surface area (Å²) in [5.41, 5.74) is -2.42. The maximum absolute atomic E-state index is 14.9. The number of hydrogen-bond acceptors (Lipinski definition) is 17. The number of cyclic esters (lactones) is 1. The van der Waals surface area contributed by atoms with Gasteiger partial charge in [-0.1, -0.05) is 27.7 Å². The van der Waals surface area contributed by atoms with Gasteiger partial charge in [-0.05, 0) is 99.9 Å². The third-order valence-electron chi connectivity index (χ3n) is 15.2. The molecule has 0 spiro atoms. The summed E-state index contributed by atoms with van der Waals surface area (Å²) in [7, 11) is 6.85. The average molecular weight is 989 g/mol. The van der Waals surface area contributed by atoms with Crippen LogP contribution in [0.1, 0.15) is 115 Å². The van der Waals surface area contributed by atoms with Crippen LogP contribution in [0, 0.1) is 23.7 Å². The van der Waals surface area contributed by atoms with Gasteiger partial charge in [0.05, 0.1) is 54.1 Å². The van der Waals surface area contributed by atoms with Crippen molar-refractivity contribution in [3.05, 3.63) is 37.1 Å². The standard InChI is InChI=1S/C52H84N4O14/c1-16-40-52(11,61)46(64-23-18-17-22-56-28-38(54-29-56)37-20-19-21-53-27-37)32(4)42(58)30(2)25-50(9,62-14)45(70-49-43(59)39(55(12)13)24-31(3)65-49)33(5)44(34(6)48(60)68-40)69-41-26-51(10,63-15)47(35(7)66-41)67-36(8)57/h19-21,27-35,39-41,43-47,49,59,61H,16-18,22-26H2,1-15H3/t30-,31-,32-,33+,34-,35+,39+,40+,41+,43-,44+,45-,46-,47+,49?,50+,51-,52-/m1/s1. The molecule has 3 fully saturated rings. The van der Waals surface area contributed by atoms with Crippen molar-refractivity contribution in [3.8, 4) is 11.3 Å². The zero-order chi connectivity index (χ0) is 51.9. The molecule has 18 heteroatoms. The van der Waals surface area contributed by atoms with E-state index in [1.54, 1.807) is 53.5 Å². The van der Waals surface area contributed by atoms with Gasteiger partial charge in [0, 0.05) is 88.7 Å². The molecule has 2 aromatic heterocycles. The number of likely N-dealkylation sites (N-methyl/N-ethyl adjacent to an activating group) is 1. The maximum Gasteiger partial charge on any atom is 0.311 e. The number of methoxy groups -OCH3 is 2. The molecule has 18 nitrogen and oxygen atoms in total. The topological polar surface area (TPSA) is 209 Å². The van der Waals surface area contributed by atoms with Crippen LogP contribution in [0.4, 0.5) is 0 Å². The van der Waals surface area contributed by atoms with Crippen molar-refractivity contribution in [2.75, 3.05) is 34.9 Å². The van der Waals surface area contributed by atoms with Crippen LogP contribution in [0.15, 0.2) is 37.1 Å². The molecule has 396 valence electrons. The number of carbonyl (C=O) groups excluding carboxylic acids is 3. The summed E-state index contributed by atoms with van der Waals surface area (Å²) in [5, 5.41) is 24.5. The molecule has 3 saturated heterocycles. The lowest BCUT2D eigenvalue weighted by atomic mass is 9.73. The van der Waals surface area contributed by atoms with Crippen molar-refractivity contribution >= 4 is 17.7 Å². The molecule has 70 heavy (non-hydrogen) atoms. The largest absolute Gasteiger partial charge is 0.459 e. The number of aliphatic hydroxyl groups excluding tert-OH is 1. The van der Waals surface area contributed by atoms with E-state index in [9.17, 15) is 24.6 Å². The van der Waals surface area contributed by atoms with Crippen LogP contribution >= 0.6 is 0 Å². The Morgan fingerprint density at radius 3 is 2.24 bits per heavy atom. The zero-order valence-corrected chi connectivity index (χ0v) is 44.4. The number of aromatic nitrogens is 3. The first-order valence-corrected chi connectivity index (χ1v) is 25.1. The number of rotatable bonds is 16. The van der Waals surface area contributed by atoms with E-state index in [1.807, 2.05) is 83.4 Å². The molecule has 3 aliphatic heterocycles. The molecule has 0 amide bonds. The summed E-state index contributed by atoms with van der Waals surface area (Å²) in [5.74, 6) is -4.67. The SMILES string of the molecule is CC[C@@H]1OC(=O)[C@H](C)[C@@H](O[C@H]2C[C@@](C)(OC)[C@@H](OC(C)=O)[C@H](C)O2)[C@H](C)[C@@H](OC2O[C@H](C)C[C@H](N(C)C)[C@H]2O)[C@@](C)(OC)C[C@@H](C)C(=O)[C@@H](C)[C@@H](OCCCCn2cnc(-c3cccnc3)c2)[C@]1(C)O. The Labute approximate surface area is 415 Å². The molecule has 0 aliphatic carbocycles. The molecule has 0 aromatic carbocycles. The van der Waals surface area contributed by atoms with Crippen LogP contribution in [-0.2, 0) is 63.6 Å². The number of carbonyl (C=O) groups is 3. The zero-order valence-electron chi connectivity index (χ0n) is 44.4. The molecule has 3 aliphatic rings. The molecular formula is C52H84N4O14. The van der Waals surface area contributed by atoms with Gasteiger partial charge in [-0.3, -0.25) is 19.4 Å². The fourth-order valence-electron chi connectivity index (χ4n) is 11.0. The van der Waals surface area contributed by atoms with Crippen molar-refractivity contribution < 1.29 is 67.2 Å². The predicted molar refractivity (Wildman–Crippen MR) is 259 cm³/mol. The molecule has 0 saturated carbocycles. The number of imidazole rings is 1. The molecule has 5 rings (SSSR count). The number of aryl methyl sites for hydroxylation is 1. The monoisotopic (exact) mass is 989 g/mol. The summed E-state index contributed by atoms with van der Waals surface area (Å²) in [6.45, 7) is 20.1. The minimum absolute atomic E-state index is 0.111. The highest BCUT2D eigenvalue weighted by molar-refractivity contribution is 5.83. The van der Waals surface area contributed by atoms with Crippen molar-refractivity contribution in [2.45, 2.75) is 205 Å². The number of hydrogen-bond donors (Lipinski definition) is 2. The van der Waals surface area contributed by atoms with Crippen LogP contribution in [-0.4, -0.2) is 167 Å². The molecule has 2 aromatic rings. The van der Waals surface area contributed by atoms with Gasteiger partial charge in [-0.2, -0.15) is 0 Å². The van der Waals surface area contributed by atoms with E-state index < -0.39 is 108 Å². The van der Waals surface area contributed by atoms with Gasteiger partial charge < -0.3 is 62.3 Å². The minimum atomic E-state index is -1.83. The van der Waals surface area contributed by atoms with E-state index in [4.69, 9.17) is 42.6 Å². The van der Waals surface area contributed by atoms with Crippen molar-refractivity contribution in [3.63, 3.8) is 0 Å². The molecule has 18 atom stereocenters. The molecule has 0 radical (unpaired) electrons. The Morgan fingerprint density at radius 1 is 0.943 bits per heavy atom. The quantitative estimate of drug-likeness (QED) is 0.151. The minimum Gasteiger partial charge on any atom is -0.459 e. The van der Waals surface area contributed by atoms with Crippen LogP contribution in [0.25, 0.3) is 11.3 Å². The van der Waals surface area contributed by atoms with Gasteiger partial charge in [0.25, 0.3) is 0 Å². The number of unbranched alkanes of at least 4 members (excludes halogenated alkanes) is 1. The smallest absolute Gasteiger partial charge is 0.311 e.